The van der Waals surface area contributed by atoms with Gasteiger partial charge in [-0.1, -0.05) is 0 Å². The average Bonchev–Trinajstić information content (AvgIpc) is 3.10. The minimum Gasteiger partial charge on any atom is -0.468 e. The Morgan fingerprint density at radius 2 is 1.92 bits per heavy atom. The molecule has 128 valence electrons. The minimum absolute atomic E-state index is 0.0684. The third-order valence-corrected chi connectivity index (χ3v) is 4.41. The third kappa shape index (κ3) is 4.21. The number of nitrogens with one attached hydrogen (secondary N) is 1. The third-order valence-electron chi connectivity index (χ3n) is 4.41. The first-order valence-corrected chi connectivity index (χ1v) is 8.17. The van der Waals surface area contributed by atoms with Gasteiger partial charge in [-0.25, -0.2) is 4.39 Å². The van der Waals surface area contributed by atoms with Crippen molar-refractivity contribution in [3.8, 4) is 0 Å². The number of hydrogen-bond donors (Lipinski definition) is 1. The van der Waals surface area contributed by atoms with E-state index in [1.165, 1.54) is 12.1 Å². The molecule has 0 saturated carbocycles. The van der Waals surface area contributed by atoms with Crippen LogP contribution in [-0.2, 0) is 11.3 Å². The summed E-state index contributed by atoms with van der Waals surface area (Å²) in [7, 11) is 0. The van der Waals surface area contributed by atoms with Crippen LogP contribution in [0.3, 0.4) is 0 Å². The van der Waals surface area contributed by atoms with Crippen LogP contribution in [0.25, 0.3) is 0 Å². The van der Waals surface area contributed by atoms with Gasteiger partial charge in [0.2, 0.25) is 5.91 Å². The van der Waals surface area contributed by atoms with Gasteiger partial charge in [-0.2, -0.15) is 0 Å². The van der Waals surface area contributed by atoms with E-state index >= 15 is 0 Å². The fourth-order valence-electron chi connectivity index (χ4n) is 2.88. The molecule has 5 nitrogen and oxygen atoms in total. The van der Waals surface area contributed by atoms with Gasteiger partial charge >= 0.3 is 0 Å². The molecule has 6 heteroatoms. The van der Waals surface area contributed by atoms with E-state index in [9.17, 15) is 9.18 Å². The molecule has 2 aromatic rings. The van der Waals surface area contributed by atoms with Crippen LogP contribution in [-0.4, -0.2) is 47.9 Å². The second kappa shape index (κ2) is 7.59. The molecule has 2 heterocycles. The summed E-state index contributed by atoms with van der Waals surface area (Å²) in [5, 5.41) is 2.84. The fraction of sp³-hybridized carbons (Fsp3) is 0.389. The van der Waals surface area contributed by atoms with Gasteiger partial charge in [0, 0.05) is 31.9 Å². The van der Waals surface area contributed by atoms with Gasteiger partial charge in [0.15, 0.2) is 0 Å². The van der Waals surface area contributed by atoms with E-state index in [-0.39, 0.29) is 17.8 Å². The highest BCUT2D eigenvalue weighted by atomic mass is 19.1. The maximum Gasteiger partial charge on any atom is 0.241 e. The van der Waals surface area contributed by atoms with Crippen LogP contribution >= 0.6 is 0 Å². The van der Waals surface area contributed by atoms with Crippen molar-refractivity contribution in [2.75, 3.05) is 31.5 Å². The highest BCUT2D eigenvalue weighted by Crippen LogP contribution is 2.13. The Morgan fingerprint density at radius 3 is 2.54 bits per heavy atom. The Morgan fingerprint density at radius 1 is 1.21 bits per heavy atom. The molecule has 24 heavy (non-hydrogen) atoms. The fourth-order valence-corrected chi connectivity index (χ4v) is 2.88. The molecule has 1 aliphatic heterocycles. The van der Waals surface area contributed by atoms with Gasteiger partial charge in [0.1, 0.15) is 11.6 Å². The van der Waals surface area contributed by atoms with Crippen LogP contribution in [0.15, 0.2) is 47.1 Å². The lowest BCUT2D eigenvalue weighted by Gasteiger charge is -2.37. The zero-order valence-corrected chi connectivity index (χ0v) is 13.7. The summed E-state index contributed by atoms with van der Waals surface area (Å²) in [6.45, 7) is 6.17. The predicted molar refractivity (Wildman–Crippen MR) is 90.0 cm³/mol. The summed E-state index contributed by atoms with van der Waals surface area (Å²) in [6.07, 6.45) is 1.69. The zero-order chi connectivity index (χ0) is 16.9. The molecule has 0 aliphatic carbocycles. The summed E-state index contributed by atoms with van der Waals surface area (Å²) >= 11 is 0. The molecule has 1 saturated heterocycles. The highest BCUT2D eigenvalue weighted by Gasteiger charge is 2.25. The van der Waals surface area contributed by atoms with E-state index in [2.05, 4.69) is 15.1 Å². The molecule has 1 unspecified atom stereocenters. The number of hydrogen-bond acceptors (Lipinski definition) is 4. The number of rotatable bonds is 5. The van der Waals surface area contributed by atoms with E-state index in [0.29, 0.717) is 5.69 Å². The Hall–Kier alpha value is -2.18. The quantitative estimate of drug-likeness (QED) is 0.915. The van der Waals surface area contributed by atoms with Crippen molar-refractivity contribution in [3.05, 3.63) is 54.2 Å². The Bertz CT molecular complexity index is 649. The number of carbonyl (C=O) groups excluding carboxylic acids is 1. The van der Waals surface area contributed by atoms with Crippen LogP contribution in [0.4, 0.5) is 10.1 Å². The van der Waals surface area contributed by atoms with E-state index < -0.39 is 0 Å². The molecule has 0 spiro atoms. The second-order valence-electron chi connectivity index (χ2n) is 6.06. The smallest absolute Gasteiger partial charge is 0.241 e. The Balaban J connectivity index is 1.48. The summed E-state index contributed by atoms with van der Waals surface area (Å²) in [5.41, 5.74) is 0.615. The lowest BCUT2D eigenvalue weighted by atomic mass is 10.2. The predicted octanol–water partition coefficient (Wildman–Crippen LogP) is 2.56. The van der Waals surface area contributed by atoms with Gasteiger partial charge in [0.05, 0.1) is 18.8 Å². The minimum atomic E-state index is -0.311. The molecule has 1 N–H and O–H groups in total. The van der Waals surface area contributed by atoms with Gasteiger partial charge in [-0.15, -0.1) is 0 Å². The van der Waals surface area contributed by atoms with Crippen molar-refractivity contribution < 1.29 is 13.6 Å². The van der Waals surface area contributed by atoms with Crippen LogP contribution in [0.2, 0.25) is 0 Å². The molecule has 1 aliphatic rings. The first-order chi connectivity index (χ1) is 11.6. The van der Waals surface area contributed by atoms with Crippen LogP contribution in [0.5, 0.6) is 0 Å². The van der Waals surface area contributed by atoms with Crippen LogP contribution in [0.1, 0.15) is 12.7 Å². The topological polar surface area (TPSA) is 48.7 Å². The molecular formula is C18H22FN3O2. The van der Waals surface area contributed by atoms with E-state index in [4.69, 9.17) is 4.42 Å². The number of anilines is 1. The van der Waals surface area contributed by atoms with E-state index in [1.54, 1.807) is 18.4 Å². The summed E-state index contributed by atoms with van der Waals surface area (Å²) in [5.74, 6) is 0.584. The first-order valence-electron chi connectivity index (χ1n) is 8.17. The molecule has 3 rings (SSSR count). The largest absolute Gasteiger partial charge is 0.468 e. The van der Waals surface area contributed by atoms with Gasteiger partial charge in [-0.3, -0.25) is 14.6 Å². The van der Waals surface area contributed by atoms with Gasteiger partial charge in [-0.05, 0) is 43.3 Å². The number of furan rings is 1. The molecular weight excluding hydrogens is 309 g/mol. The zero-order valence-electron chi connectivity index (χ0n) is 13.7. The van der Waals surface area contributed by atoms with Crippen molar-refractivity contribution in [3.63, 3.8) is 0 Å². The maximum atomic E-state index is 12.9. The standard InChI is InChI=1S/C18H22FN3O2/c1-14(18(23)20-16-6-4-15(19)5-7-16)22-10-8-21(9-11-22)13-17-3-2-12-24-17/h2-7,12,14H,8-11,13H2,1H3,(H,20,23). The monoisotopic (exact) mass is 331 g/mol. The second-order valence-corrected chi connectivity index (χ2v) is 6.06. The molecule has 1 aromatic heterocycles. The SMILES string of the molecule is CC(C(=O)Nc1ccc(F)cc1)N1CCN(Cc2ccco2)CC1. The Kier molecular flexibility index (Phi) is 5.27. The van der Waals surface area contributed by atoms with Gasteiger partial charge < -0.3 is 9.73 Å². The van der Waals surface area contributed by atoms with Crippen LogP contribution in [0, 0.1) is 5.82 Å². The number of halogens is 1. The summed E-state index contributed by atoms with van der Waals surface area (Å²) in [6, 6.07) is 9.48. The molecule has 1 aromatic carbocycles. The molecule has 1 fully saturated rings. The lowest BCUT2D eigenvalue weighted by molar-refractivity contribution is -0.121. The van der Waals surface area contributed by atoms with Crippen molar-refractivity contribution in [1.82, 2.24) is 9.80 Å². The van der Waals surface area contributed by atoms with Gasteiger partial charge in [0.25, 0.3) is 0 Å². The number of carbonyl (C=O) groups is 1. The summed E-state index contributed by atoms with van der Waals surface area (Å²) < 4.78 is 18.3. The van der Waals surface area contributed by atoms with E-state index in [1.807, 2.05) is 19.1 Å². The first kappa shape index (κ1) is 16.7. The summed E-state index contributed by atoms with van der Waals surface area (Å²) in [4.78, 5) is 16.8. The molecule has 0 radical (unpaired) electrons. The van der Waals surface area contributed by atoms with Crippen molar-refractivity contribution in [2.45, 2.75) is 19.5 Å². The Labute approximate surface area is 141 Å². The highest BCUT2D eigenvalue weighted by molar-refractivity contribution is 5.94. The van der Waals surface area contributed by atoms with Crippen molar-refractivity contribution in [2.24, 2.45) is 0 Å². The van der Waals surface area contributed by atoms with E-state index in [0.717, 1.165) is 38.5 Å². The van der Waals surface area contributed by atoms with Crippen molar-refractivity contribution >= 4 is 11.6 Å². The maximum absolute atomic E-state index is 12.9. The number of benzene rings is 1. The molecule has 0 bridgehead atoms. The average molecular weight is 331 g/mol. The number of amides is 1. The number of nitrogens with zero attached hydrogens (tertiary/aromatic N) is 2. The van der Waals surface area contributed by atoms with Crippen LogP contribution < -0.4 is 5.32 Å². The lowest BCUT2D eigenvalue weighted by Crippen LogP contribution is -2.52. The normalized spacial score (nSPS) is 17.6. The molecule has 1 atom stereocenters. The molecule has 1 amide bonds. The number of piperazine rings is 1. The van der Waals surface area contributed by atoms with Crippen molar-refractivity contribution in [1.29, 1.82) is 0 Å².